The van der Waals surface area contributed by atoms with Gasteiger partial charge in [-0.15, -0.1) is 13.2 Å². The lowest BCUT2D eigenvalue weighted by molar-refractivity contribution is -0.274. The molecule has 0 amide bonds. The SMILES string of the molecule is CN(C)c1ncc(-n2cc(-c3ccc(C(=O)O)cc3OC(F)(F)F)c3cccnc32)cn1. The highest BCUT2D eigenvalue weighted by molar-refractivity contribution is 5.98. The Labute approximate surface area is 179 Å². The Morgan fingerprint density at radius 1 is 1.09 bits per heavy atom. The Kier molecular flexibility index (Phi) is 5.17. The highest BCUT2D eigenvalue weighted by atomic mass is 19.4. The summed E-state index contributed by atoms with van der Waals surface area (Å²) >= 11 is 0. The maximum Gasteiger partial charge on any atom is 0.573 e. The molecule has 0 fully saturated rings. The first kappa shape index (κ1) is 21.1. The molecule has 0 saturated carbocycles. The number of carboxylic acids is 1. The molecule has 164 valence electrons. The van der Waals surface area contributed by atoms with Crippen LogP contribution >= 0.6 is 0 Å². The lowest BCUT2D eigenvalue weighted by Crippen LogP contribution is -2.18. The van der Waals surface area contributed by atoms with Gasteiger partial charge in [-0.25, -0.2) is 19.7 Å². The van der Waals surface area contributed by atoms with Crippen LogP contribution in [0, 0.1) is 0 Å². The van der Waals surface area contributed by atoms with Gasteiger partial charge in [0.05, 0.1) is 23.6 Å². The van der Waals surface area contributed by atoms with E-state index < -0.39 is 18.1 Å². The van der Waals surface area contributed by atoms with Gasteiger partial charge in [0.15, 0.2) is 0 Å². The molecule has 0 aliphatic carbocycles. The van der Waals surface area contributed by atoms with Crippen molar-refractivity contribution in [1.29, 1.82) is 0 Å². The van der Waals surface area contributed by atoms with Crippen LogP contribution in [0.25, 0.3) is 27.8 Å². The van der Waals surface area contributed by atoms with Gasteiger partial charge in [0.1, 0.15) is 11.4 Å². The summed E-state index contributed by atoms with van der Waals surface area (Å²) in [6.07, 6.45) is 1.28. The number of anilines is 1. The fourth-order valence-corrected chi connectivity index (χ4v) is 3.23. The molecule has 4 rings (SSSR count). The lowest BCUT2D eigenvalue weighted by atomic mass is 10.0. The van der Waals surface area contributed by atoms with Crippen molar-refractivity contribution in [3.8, 4) is 22.6 Å². The lowest BCUT2D eigenvalue weighted by Gasteiger charge is -2.13. The summed E-state index contributed by atoms with van der Waals surface area (Å²) < 4.78 is 45.0. The van der Waals surface area contributed by atoms with Gasteiger partial charge in [0.2, 0.25) is 5.95 Å². The second-order valence-electron chi connectivity index (χ2n) is 6.99. The number of halogens is 3. The third-order valence-corrected chi connectivity index (χ3v) is 4.61. The van der Waals surface area contributed by atoms with Crippen molar-refractivity contribution in [2.24, 2.45) is 0 Å². The van der Waals surface area contributed by atoms with Crippen LogP contribution in [0.1, 0.15) is 10.4 Å². The van der Waals surface area contributed by atoms with Crippen molar-refractivity contribution in [2.75, 3.05) is 19.0 Å². The topological polar surface area (TPSA) is 93.4 Å². The Morgan fingerprint density at radius 2 is 1.81 bits per heavy atom. The predicted octanol–water partition coefficient (Wildman–Crippen LogP) is 4.15. The summed E-state index contributed by atoms with van der Waals surface area (Å²) in [7, 11) is 3.59. The molecule has 0 aliphatic rings. The molecule has 0 unspecified atom stereocenters. The number of nitrogens with zero attached hydrogens (tertiary/aromatic N) is 5. The molecule has 3 heterocycles. The van der Waals surface area contributed by atoms with Gasteiger partial charge in [0, 0.05) is 43.0 Å². The van der Waals surface area contributed by atoms with Gasteiger partial charge < -0.3 is 14.7 Å². The van der Waals surface area contributed by atoms with E-state index in [1.54, 1.807) is 60.5 Å². The van der Waals surface area contributed by atoms with Crippen LogP contribution in [-0.2, 0) is 0 Å². The predicted molar refractivity (Wildman–Crippen MR) is 110 cm³/mol. The average Bonchev–Trinajstić information content (AvgIpc) is 3.12. The summed E-state index contributed by atoms with van der Waals surface area (Å²) in [5.41, 5.74) is 1.12. The van der Waals surface area contributed by atoms with Gasteiger partial charge in [-0.2, -0.15) is 0 Å². The number of aromatic carboxylic acids is 1. The molecule has 4 aromatic rings. The fourth-order valence-electron chi connectivity index (χ4n) is 3.23. The van der Waals surface area contributed by atoms with Gasteiger partial charge in [-0.05, 0) is 30.3 Å². The normalized spacial score (nSPS) is 11.5. The zero-order chi connectivity index (χ0) is 23.0. The second-order valence-corrected chi connectivity index (χ2v) is 6.99. The average molecular weight is 443 g/mol. The molecule has 0 atom stereocenters. The molecule has 3 aromatic heterocycles. The van der Waals surface area contributed by atoms with E-state index in [0.717, 1.165) is 6.07 Å². The quantitative estimate of drug-likeness (QED) is 0.495. The summed E-state index contributed by atoms with van der Waals surface area (Å²) in [6, 6.07) is 6.70. The number of rotatable bonds is 5. The van der Waals surface area contributed by atoms with Crippen LogP contribution < -0.4 is 9.64 Å². The minimum absolute atomic E-state index is 0.0647. The van der Waals surface area contributed by atoms with E-state index >= 15 is 0 Å². The van der Waals surface area contributed by atoms with Gasteiger partial charge in [0.25, 0.3) is 0 Å². The fraction of sp³-hybridized carbons (Fsp3) is 0.143. The van der Waals surface area contributed by atoms with Crippen molar-refractivity contribution in [3.63, 3.8) is 0 Å². The molecule has 11 heteroatoms. The highest BCUT2D eigenvalue weighted by Crippen LogP contribution is 2.39. The molecular formula is C21H16F3N5O3. The van der Waals surface area contributed by atoms with Crippen molar-refractivity contribution in [3.05, 3.63) is 60.7 Å². The zero-order valence-corrected chi connectivity index (χ0v) is 16.8. The number of aromatic nitrogens is 4. The molecule has 1 aromatic carbocycles. The Morgan fingerprint density at radius 3 is 2.44 bits per heavy atom. The molecule has 32 heavy (non-hydrogen) atoms. The summed E-state index contributed by atoms with van der Waals surface area (Å²) in [5.74, 6) is -1.51. The van der Waals surface area contributed by atoms with Crippen molar-refractivity contribution < 1.29 is 27.8 Å². The third-order valence-electron chi connectivity index (χ3n) is 4.61. The molecular weight excluding hydrogens is 427 g/mol. The van der Waals surface area contributed by atoms with Gasteiger partial charge in [-0.3, -0.25) is 4.57 Å². The minimum Gasteiger partial charge on any atom is -0.478 e. The summed E-state index contributed by atoms with van der Waals surface area (Å²) in [5, 5.41) is 9.73. The van der Waals surface area contributed by atoms with Crippen LogP contribution in [0.4, 0.5) is 19.1 Å². The standard InChI is InChI=1S/C21H16F3N5O3/c1-28(2)20-26-9-13(10-27-20)29-11-16(15-4-3-7-25-18(15)29)14-6-5-12(19(30)31)8-17(14)32-21(22,23)24/h3-11H,1-2H3,(H,30,31). The van der Waals surface area contributed by atoms with Crippen LogP contribution in [-0.4, -0.2) is 51.1 Å². The number of ether oxygens (including phenoxy) is 1. The van der Waals surface area contributed by atoms with E-state index in [1.807, 2.05) is 0 Å². The first-order valence-corrected chi connectivity index (χ1v) is 9.23. The van der Waals surface area contributed by atoms with E-state index in [0.29, 0.717) is 28.2 Å². The maximum atomic E-state index is 13.0. The number of benzene rings is 1. The van der Waals surface area contributed by atoms with E-state index in [9.17, 15) is 23.1 Å². The van der Waals surface area contributed by atoms with Gasteiger partial charge in [-0.1, -0.05) is 0 Å². The Hall–Kier alpha value is -4.15. The highest BCUT2D eigenvalue weighted by Gasteiger charge is 2.33. The molecule has 0 radical (unpaired) electrons. The molecule has 0 saturated heterocycles. The molecule has 1 N–H and O–H groups in total. The van der Waals surface area contributed by atoms with E-state index in [1.165, 1.54) is 12.1 Å². The van der Waals surface area contributed by atoms with E-state index in [4.69, 9.17) is 0 Å². The minimum atomic E-state index is -5.00. The van der Waals surface area contributed by atoms with E-state index in [-0.39, 0.29) is 11.1 Å². The first-order valence-electron chi connectivity index (χ1n) is 9.23. The summed E-state index contributed by atoms with van der Waals surface area (Å²) in [4.78, 5) is 25.9. The number of hydrogen-bond acceptors (Lipinski definition) is 6. The number of carboxylic acid groups (broad SMARTS) is 1. The molecule has 8 nitrogen and oxygen atoms in total. The Balaban J connectivity index is 1.92. The van der Waals surface area contributed by atoms with Crippen LogP contribution in [0.15, 0.2) is 55.1 Å². The van der Waals surface area contributed by atoms with E-state index in [2.05, 4.69) is 19.7 Å². The maximum absolute atomic E-state index is 13.0. The number of carbonyl (C=O) groups is 1. The smallest absolute Gasteiger partial charge is 0.478 e. The Bertz CT molecular complexity index is 1300. The number of fused-ring (bicyclic) bond motifs is 1. The number of alkyl halides is 3. The van der Waals surface area contributed by atoms with Gasteiger partial charge >= 0.3 is 12.3 Å². The first-order chi connectivity index (χ1) is 15.1. The monoisotopic (exact) mass is 443 g/mol. The van der Waals surface area contributed by atoms with Crippen LogP contribution in [0.5, 0.6) is 5.75 Å². The molecule has 0 bridgehead atoms. The number of hydrogen-bond donors (Lipinski definition) is 1. The molecule has 0 spiro atoms. The zero-order valence-electron chi connectivity index (χ0n) is 16.8. The van der Waals surface area contributed by atoms with Crippen molar-refractivity contribution >= 4 is 23.0 Å². The van der Waals surface area contributed by atoms with Crippen LogP contribution in [0.3, 0.4) is 0 Å². The van der Waals surface area contributed by atoms with Crippen molar-refractivity contribution in [1.82, 2.24) is 19.5 Å². The largest absolute Gasteiger partial charge is 0.573 e. The van der Waals surface area contributed by atoms with Crippen LogP contribution in [0.2, 0.25) is 0 Å². The molecule has 0 aliphatic heterocycles. The second kappa shape index (κ2) is 7.84. The number of pyridine rings is 1. The summed E-state index contributed by atoms with van der Waals surface area (Å²) in [6.45, 7) is 0. The third kappa shape index (κ3) is 4.04. The van der Waals surface area contributed by atoms with Crippen molar-refractivity contribution in [2.45, 2.75) is 6.36 Å².